The van der Waals surface area contributed by atoms with Gasteiger partial charge >= 0.3 is 0 Å². The third-order valence-electron chi connectivity index (χ3n) is 3.91. The van der Waals surface area contributed by atoms with Gasteiger partial charge in [-0.25, -0.2) is 0 Å². The van der Waals surface area contributed by atoms with Gasteiger partial charge in [-0.2, -0.15) is 4.98 Å². The van der Waals surface area contributed by atoms with Crippen molar-refractivity contribution in [1.29, 1.82) is 0 Å². The number of rotatable bonds is 6. The number of fused-ring (bicyclic) bond motifs is 1. The second-order valence-corrected chi connectivity index (χ2v) is 5.75. The van der Waals surface area contributed by atoms with Gasteiger partial charge in [0.1, 0.15) is 5.75 Å². The number of amides is 1. The molecule has 0 spiro atoms. The van der Waals surface area contributed by atoms with Crippen LogP contribution in [-0.4, -0.2) is 29.4 Å². The Balaban J connectivity index is 1.42. The molecule has 138 valence electrons. The first kappa shape index (κ1) is 16.9. The smallest absolute Gasteiger partial charge is 0.292 e. The molecule has 1 amide bonds. The Morgan fingerprint density at radius 2 is 2.07 bits per heavy atom. The van der Waals surface area contributed by atoms with E-state index in [-0.39, 0.29) is 18.5 Å². The summed E-state index contributed by atoms with van der Waals surface area (Å²) in [6.45, 7) is 3.01. The number of nitrogens with one attached hydrogen (secondary N) is 1. The predicted molar refractivity (Wildman–Crippen MR) is 94.6 cm³/mol. The summed E-state index contributed by atoms with van der Waals surface area (Å²) in [6, 6.07) is 12.8. The van der Waals surface area contributed by atoms with E-state index in [9.17, 15) is 4.79 Å². The molecule has 8 nitrogen and oxygen atoms in total. The van der Waals surface area contributed by atoms with Crippen LogP contribution >= 0.6 is 0 Å². The molecule has 3 aromatic rings. The molecule has 2 heterocycles. The van der Waals surface area contributed by atoms with Gasteiger partial charge in [0.05, 0.1) is 6.61 Å². The predicted octanol–water partition coefficient (Wildman–Crippen LogP) is 2.79. The second-order valence-electron chi connectivity index (χ2n) is 5.75. The lowest BCUT2D eigenvalue weighted by Gasteiger charge is -2.06. The van der Waals surface area contributed by atoms with Crippen molar-refractivity contribution < 1.29 is 23.5 Å². The van der Waals surface area contributed by atoms with Crippen LogP contribution in [0.5, 0.6) is 17.2 Å². The molecule has 0 radical (unpaired) electrons. The van der Waals surface area contributed by atoms with Gasteiger partial charge in [-0.1, -0.05) is 17.3 Å². The molecule has 27 heavy (non-hydrogen) atoms. The Bertz CT molecular complexity index is 969. The van der Waals surface area contributed by atoms with Gasteiger partial charge in [-0.15, -0.1) is 0 Å². The third kappa shape index (κ3) is 3.69. The Labute approximate surface area is 155 Å². The summed E-state index contributed by atoms with van der Waals surface area (Å²) in [4.78, 5) is 16.4. The van der Waals surface area contributed by atoms with Gasteiger partial charge in [0.15, 0.2) is 11.5 Å². The molecular formula is C19H17N3O5. The normalized spacial score (nSPS) is 12.0. The van der Waals surface area contributed by atoms with E-state index in [1.165, 1.54) is 0 Å². The number of carbonyl (C=O) groups excluding carboxylic acids is 1. The minimum Gasteiger partial charge on any atom is -0.494 e. The maximum Gasteiger partial charge on any atom is 0.292 e. The van der Waals surface area contributed by atoms with E-state index < -0.39 is 5.91 Å². The number of nitrogens with zero attached hydrogens (tertiary/aromatic N) is 2. The monoisotopic (exact) mass is 367 g/mol. The lowest BCUT2D eigenvalue weighted by molar-refractivity contribution is 0.0937. The van der Waals surface area contributed by atoms with Crippen molar-refractivity contribution in [3.8, 4) is 28.7 Å². The van der Waals surface area contributed by atoms with Crippen LogP contribution in [0.4, 0.5) is 0 Å². The maximum atomic E-state index is 12.3. The van der Waals surface area contributed by atoms with Crippen LogP contribution in [-0.2, 0) is 6.54 Å². The van der Waals surface area contributed by atoms with Crippen molar-refractivity contribution in [3.63, 3.8) is 0 Å². The highest BCUT2D eigenvalue weighted by Gasteiger charge is 2.19. The summed E-state index contributed by atoms with van der Waals surface area (Å²) in [7, 11) is 0. The highest BCUT2D eigenvalue weighted by molar-refractivity contribution is 5.90. The Morgan fingerprint density at radius 1 is 1.19 bits per heavy atom. The fraction of sp³-hybridized carbons (Fsp3) is 0.211. The van der Waals surface area contributed by atoms with Gasteiger partial charge < -0.3 is 24.1 Å². The number of aromatic nitrogens is 2. The van der Waals surface area contributed by atoms with Gasteiger partial charge in [0.2, 0.25) is 6.79 Å². The fourth-order valence-corrected chi connectivity index (χ4v) is 2.64. The highest BCUT2D eigenvalue weighted by atomic mass is 16.7. The Hall–Kier alpha value is -3.55. The average molecular weight is 367 g/mol. The Kier molecular flexibility index (Phi) is 4.61. The highest BCUT2D eigenvalue weighted by Crippen LogP contribution is 2.35. The van der Waals surface area contributed by atoms with E-state index in [2.05, 4.69) is 15.5 Å². The van der Waals surface area contributed by atoms with E-state index >= 15 is 0 Å². The zero-order valence-corrected chi connectivity index (χ0v) is 14.6. The number of ether oxygens (including phenoxy) is 3. The minimum atomic E-state index is -0.424. The fourth-order valence-electron chi connectivity index (χ4n) is 2.64. The lowest BCUT2D eigenvalue weighted by Crippen LogP contribution is -2.23. The molecule has 2 aromatic carbocycles. The summed E-state index contributed by atoms with van der Waals surface area (Å²) in [5.74, 6) is 1.79. The van der Waals surface area contributed by atoms with Crippen molar-refractivity contribution in [1.82, 2.24) is 15.5 Å². The second kappa shape index (κ2) is 7.36. The first-order valence-corrected chi connectivity index (χ1v) is 8.46. The molecular weight excluding hydrogens is 350 g/mol. The summed E-state index contributed by atoms with van der Waals surface area (Å²) in [5.41, 5.74) is 1.56. The molecule has 0 saturated heterocycles. The molecule has 0 bridgehead atoms. The van der Waals surface area contributed by atoms with Gasteiger partial charge in [-0.3, -0.25) is 4.79 Å². The number of hydrogen-bond acceptors (Lipinski definition) is 7. The van der Waals surface area contributed by atoms with E-state index in [0.29, 0.717) is 30.2 Å². The number of benzene rings is 2. The molecule has 8 heteroatoms. The van der Waals surface area contributed by atoms with Crippen molar-refractivity contribution in [2.75, 3.05) is 13.4 Å². The summed E-state index contributed by atoms with van der Waals surface area (Å²) >= 11 is 0. The third-order valence-corrected chi connectivity index (χ3v) is 3.91. The van der Waals surface area contributed by atoms with Crippen LogP contribution in [0.3, 0.4) is 0 Å². The largest absolute Gasteiger partial charge is 0.494 e. The van der Waals surface area contributed by atoms with E-state index in [1.807, 2.05) is 31.2 Å². The first-order valence-electron chi connectivity index (χ1n) is 8.46. The van der Waals surface area contributed by atoms with Gasteiger partial charge in [0, 0.05) is 12.1 Å². The molecule has 0 atom stereocenters. The average Bonchev–Trinajstić information content (AvgIpc) is 3.35. The van der Waals surface area contributed by atoms with E-state index in [4.69, 9.17) is 18.7 Å². The summed E-state index contributed by atoms with van der Waals surface area (Å²) in [6.07, 6.45) is 0. The SMILES string of the molecule is CCOc1cccc(CNC(=O)c2noc(-c3ccc4c(c3)OCO4)n2)c1. The molecule has 4 rings (SSSR count). The van der Waals surface area contributed by atoms with Crippen molar-refractivity contribution in [3.05, 3.63) is 53.9 Å². The topological polar surface area (TPSA) is 95.7 Å². The van der Waals surface area contributed by atoms with Gasteiger partial charge in [-0.05, 0) is 42.8 Å². The first-order chi connectivity index (χ1) is 13.2. The molecule has 1 aliphatic heterocycles. The Morgan fingerprint density at radius 3 is 2.96 bits per heavy atom. The number of carbonyl (C=O) groups is 1. The maximum absolute atomic E-state index is 12.3. The van der Waals surface area contributed by atoms with Crippen LogP contribution in [0.25, 0.3) is 11.5 Å². The van der Waals surface area contributed by atoms with Crippen molar-refractivity contribution in [2.45, 2.75) is 13.5 Å². The van der Waals surface area contributed by atoms with Crippen LogP contribution in [0.1, 0.15) is 23.1 Å². The molecule has 1 N–H and O–H groups in total. The van der Waals surface area contributed by atoms with Gasteiger partial charge in [0.25, 0.3) is 17.6 Å². The summed E-state index contributed by atoms with van der Waals surface area (Å²) in [5, 5.41) is 6.52. The number of hydrogen-bond donors (Lipinski definition) is 1. The van der Waals surface area contributed by atoms with Crippen LogP contribution in [0.2, 0.25) is 0 Å². The standard InChI is InChI=1S/C19H17N3O5/c1-2-24-14-5-3-4-12(8-14)10-20-18(23)17-21-19(27-22-17)13-6-7-15-16(9-13)26-11-25-15/h3-9H,2,10-11H2,1H3,(H,20,23). The lowest BCUT2D eigenvalue weighted by atomic mass is 10.2. The van der Waals surface area contributed by atoms with Crippen molar-refractivity contribution >= 4 is 5.91 Å². The van der Waals surface area contributed by atoms with Crippen LogP contribution < -0.4 is 19.5 Å². The zero-order valence-electron chi connectivity index (χ0n) is 14.6. The molecule has 1 aliphatic rings. The van der Waals surface area contributed by atoms with Crippen molar-refractivity contribution in [2.24, 2.45) is 0 Å². The molecule has 0 fully saturated rings. The molecule has 0 aliphatic carbocycles. The van der Waals surface area contributed by atoms with Crippen LogP contribution in [0.15, 0.2) is 47.0 Å². The zero-order chi connectivity index (χ0) is 18.6. The van der Waals surface area contributed by atoms with E-state index in [0.717, 1.165) is 11.3 Å². The van der Waals surface area contributed by atoms with Crippen LogP contribution in [0, 0.1) is 0 Å². The van der Waals surface area contributed by atoms with E-state index in [1.54, 1.807) is 18.2 Å². The molecule has 1 aromatic heterocycles. The summed E-state index contributed by atoms with van der Waals surface area (Å²) < 4.78 is 21.2. The molecule has 0 saturated carbocycles. The molecule has 0 unspecified atom stereocenters. The minimum absolute atomic E-state index is 0.0383. The quantitative estimate of drug-likeness (QED) is 0.716.